The zero-order valence-electron chi connectivity index (χ0n) is 24.7. The Morgan fingerprint density at radius 3 is 2.51 bits per heavy atom. The quantitative estimate of drug-likeness (QED) is 0.260. The van der Waals surface area contributed by atoms with Gasteiger partial charge in [-0.2, -0.15) is 0 Å². The van der Waals surface area contributed by atoms with E-state index in [2.05, 4.69) is 59.3 Å². The molecule has 3 aromatic rings. The van der Waals surface area contributed by atoms with Gasteiger partial charge in [-0.25, -0.2) is 0 Å². The van der Waals surface area contributed by atoms with Crippen LogP contribution in [0.25, 0.3) is 0 Å². The first kappa shape index (κ1) is 27.0. The summed E-state index contributed by atoms with van der Waals surface area (Å²) >= 11 is 0. The van der Waals surface area contributed by atoms with Gasteiger partial charge in [0, 0.05) is 36.7 Å². The Bertz CT molecular complexity index is 1340. The summed E-state index contributed by atoms with van der Waals surface area (Å²) in [5.74, 6) is 3.45. The number of rotatable bonds is 11. The Balaban J connectivity index is 1.24. The van der Waals surface area contributed by atoms with E-state index in [4.69, 9.17) is 14.2 Å². The zero-order chi connectivity index (χ0) is 27.9. The van der Waals surface area contributed by atoms with Crippen molar-refractivity contribution in [3.05, 3.63) is 89.5 Å². The van der Waals surface area contributed by atoms with Crippen molar-refractivity contribution in [3.63, 3.8) is 0 Å². The molecule has 2 aliphatic heterocycles. The van der Waals surface area contributed by atoms with Crippen LogP contribution in [-0.4, -0.2) is 61.8 Å². The van der Waals surface area contributed by atoms with Gasteiger partial charge in [-0.3, -0.25) is 4.90 Å². The number of nitrogens with zero attached hydrogens (tertiary/aromatic N) is 2. The Morgan fingerprint density at radius 1 is 0.976 bits per heavy atom. The van der Waals surface area contributed by atoms with Gasteiger partial charge in [0.05, 0.1) is 12.7 Å². The van der Waals surface area contributed by atoms with Crippen molar-refractivity contribution < 1.29 is 14.2 Å². The van der Waals surface area contributed by atoms with E-state index in [0.717, 1.165) is 81.5 Å². The molecule has 7 rings (SSSR count). The summed E-state index contributed by atoms with van der Waals surface area (Å²) in [5.41, 5.74) is 3.88. The first-order chi connectivity index (χ1) is 20.1. The number of ether oxygens (including phenoxy) is 3. The molecule has 0 N–H and O–H groups in total. The monoisotopic (exact) mass is 552 g/mol. The Morgan fingerprint density at radius 2 is 1.76 bits per heavy atom. The highest BCUT2D eigenvalue weighted by molar-refractivity contribution is 5.60. The number of piperidine rings is 1. The van der Waals surface area contributed by atoms with Gasteiger partial charge < -0.3 is 19.1 Å². The molecule has 216 valence electrons. The summed E-state index contributed by atoms with van der Waals surface area (Å²) < 4.78 is 19.8. The van der Waals surface area contributed by atoms with Gasteiger partial charge in [-0.1, -0.05) is 54.6 Å². The molecular formula is C36H44N2O3. The fourth-order valence-corrected chi connectivity index (χ4v) is 8.34. The molecule has 3 unspecified atom stereocenters. The van der Waals surface area contributed by atoms with Gasteiger partial charge in [0.15, 0.2) is 11.5 Å². The minimum Gasteiger partial charge on any atom is -0.493 e. The maximum Gasteiger partial charge on any atom is 0.173 e. The van der Waals surface area contributed by atoms with Crippen LogP contribution in [0.5, 0.6) is 17.2 Å². The second kappa shape index (κ2) is 11.1. The van der Waals surface area contributed by atoms with Crippen LogP contribution < -0.4 is 9.47 Å². The minimum absolute atomic E-state index is 0.0675. The Hall–Kier alpha value is -2.86. The lowest BCUT2D eigenvalue weighted by Crippen LogP contribution is -2.70. The highest BCUT2D eigenvalue weighted by Gasteiger charge is 2.67. The van der Waals surface area contributed by atoms with Crippen LogP contribution in [0.15, 0.2) is 72.8 Å². The number of likely N-dealkylation sites (tertiary alicyclic amines) is 1. The third kappa shape index (κ3) is 4.86. The van der Waals surface area contributed by atoms with Crippen molar-refractivity contribution in [2.45, 2.75) is 68.5 Å². The standard InChI is InChI=1S/C36H44N2O3/c1-37(25-27-10-5-3-6-11-27)21-9-18-36-32-24-29-16-17-31(39-2)34(41-30-12-7-4-8-13-30)33(29)35(36,20-23-40-36)19-22-38(32)26-28-14-15-28/h3-8,10-13,16-17,28,32H,9,14-15,18-26H2,1-2H3. The van der Waals surface area contributed by atoms with Crippen molar-refractivity contribution in [1.82, 2.24) is 9.80 Å². The third-order valence-corrected chi connectivity index (χ3v) is 10.4. The molecule has 3 atom stereocenters. The summed E-state index contributed by atoms with van der Waals surface area (Å²) in [6.07, 6.45) is 8.13. The number of para-hydroxylation sites is 1. The lowest BCUT2D eigenvalue weighted by molar-refractivity contribution is -0.140. The predicted molar refractivity (Wildman–Crippen MR) is 163 cm³/mol. The molecule has 1 saturated carbocycles. The average Bonchev–Trinajstić information content (AvgIpc) is 3.72. The van der Waals surface area contributed by atoms with E-state index in [1.807, 2.05) is 30.3 Å². The van der Waals surface area contributed by atoms with Gasteiger partial charge in [-0.05, 0) is 100 Å². The topological polar surface area (TPSA) is 34.2 Å². The molecule has 0 radical (unpaired) electrons. The van der Waals surface area contributed by atoms with Crippen molar-refractivity contribution in [2.24, 2.45) is 5.92 Å². The second-order valence-corrected chi connectivity index (χ2v) is 12.9. The first-order valence-corrected chi connectivity index (χ1v) is 15.7. The van der Waals surface area contributed by atoms with E-state index in [1.165, 1.54) is 36.1 Å². The molecule has 2 bridgehead atoms. The number of fused-ring (bicyclic) bond motifs is 1. The number of hydrogen-bond acceptors (Lipinski definition) is 5. The summed E-state index contributed by atoms with van der Waals surface area (Å²) in [7, 11) is 4.02. The van der Waals surface area contributed by atoms with Crippen LogP contribution in [0.4, 0.5) is 0 Å². The second-order valence-electron chi connectivity index (χ2n) is 12.9. The molecule has 5 nitrogen and oxygen atoms in total. The fraction of sp³-hybridized carbons (Fsp3) is 0.500. The lowest BCUT2D eigenvalue weighted by atomic mass is 9.53. The predicted octanol–water partition coefficient (Wildman–Crippen LogP) is 6.84. The van der Waals surface area contributed by atoms with Gasteiger partial charge >= 0.3 is 0 Å². The highest BCUT2D eigenvalue weighted by atomic mass is 16.5. The highest BCUT2D eigenvalue weighted by Crippen LogP contribution is 2.63. The van der Waals surface area contributed by atoms with Crippen LogP contribution in [-0.2, 0) is 23.1 Å². The summed E-state index contributed by atoms with van der Waals surface area (Å²) in [5, 5.41) is 0. The van der Waals surface area contributed by atoms with Crippen LogP contribution in [0, 0.1) is 5.92 Å². The lowest BCUT2D eigenvalue weighted by Gasteiger charge is -2.61. The van der Waals surface area contributed by atoms with Crippen LogP contribution in [0.1, 0.15) is 55.2 Å². The van der Waals surface area contributed by atoms with Crippen molar-refractivity contribution >= 4 is 0 Å². The molecule has 2 saturated heterocycles. The number of hydrogen-bond donors (Lipinski definition) is 0. The van der Waals surface area contributed by atoms with E-state index >= 15 is 0 Å². The smallest absolute Gasteiger partial charge is 0.173 e. The molecule has 0 aromatic heterocycles. The summed E-state index contributed by atoms with van der Waals surface area (Å²) in [6, 6.07) is 25.9. The van der Waals surface area contributed by atoms with E-state index in [9.17, 15) is 0 Å². The number of benzene rings is 3. The van der Waals surface area contributed by atoms with Crippen LogP contribution >= 0.6 is 0 Å². The molecule has 2 aliphatic carbocycles. The van der Waals surface area contributed by atoms with Gasteiger partial charge in [0.25, 0.3) is 0 Å². The molecule has 0 spiro atoms. The van der Waals surface area contributed by atoms with E-state index in [-0.39, 0.29) is 11.0 Å². The van der Waals surface area contributed by atoms with E-state index in [0.29, 0.717) is 6.04 Å². The normalized spacial score (nSPS) is 27.0. The van der Waals surface area contributed by atoms with E-state index in [1.54, 1.807) is 7.11 Å². The Kier molecular flexibility index (Phi) is 7.30. The van der Waals surface area contributed by atoms with Gasteiger partial charge in [-0.15, -0.1) is 0 Å². The summed E-state index contributed by atoms with van der Waals surface area (Å²) in [4.78, 5) is 5.29. The van der Waals surface area contributed by atoms with Crippen molar-refractivity contribution in [1.29, 1.82) is 0 Å². The van der Waals surface area contributed by atoms with Crippen molar-refractivity contribution in [2.75, 3.05) is 40.4 Å². The SMILES string of the molecule is COc1ccc2c(c1Oc1ccccc1)C13CCOC1(CCCN(C)Cc1ccccc1)C(C2)N(CC1CC1)CC3. The summed E-state index contributed by atoms with van der Waals surface area (Å²) in [6.45, 7) is 5.21. The molecular weight excluding hydrogens is 508 g/mol. The molecule has 2 heterocycles. The fourth-order valence-electron chi connectivity index (χ4n) is 8.34. The van der Waals surface area contributed by atoms with Gasteiger partial charge in [0.1, 0.15) is 5.75 Å². The Labute approximate surface area is 245 Å². The van der Waals surface area contributed by atoms with E-state index < -0.39 is 0 Å². The van der Waals surface area contributed by atoms with Gasteiger partial charge in [0.2, 0.25) is 0 Å². The molecule has 4 aliphatic rings. The van der Waals surface area contributed by atoms with Crippen molar-refractivity contribution in [3.8, 4) is 17.2 Å². The van der Waals surface area contributed by atoms with Crippen LogP contribution in [0.2, 0.25) is 0 Å². The minimum atomic E-state index is -0.206. The van der Waals surface area contributed by atoms with Crippen LogP contribution in [0.3, 0.4) is 0 Å². The molecule has 3 aromatic carbocycles. The molecule has 5 heteroatoms. The maximum absolute atomic E-state index is 7.11. The molecule has 3 fully saturated rings. The molecule has 41 heavy (non-hydrogen) atoms. The number of methoxy groups -OCH3 is 1. The first-order valence-electron chi connectivity index (χ1n) is 15.7. The largest absolute Gasteiger partial charge is 0.493 e. The zero-order valence-corrected chi connectivity index (χ0v) is 24.7. The third-order valence-electron chi connectivity index (χ3n) is 10.4. The molecule has 0 amide bonds. The average molecular weight is 553 g/mol. The maximum atomic E-state index is 7.11.